The minimum absolute atomic E-state index is 0.171. The van der Waals surface area contributed by atoms with Crippen molar-refractivity contribution in [2.45, 2.75) is 32.2 Å². The van der Waals surface area contributed by atoms with E-state index in [0.717, 1.165) is 31.6 Å². The zero-order valence-corrected chi connectivity index (χ0v) is 12.3. The van der Waals surface area contributed by atoms with E-state index in [2.05, 4.69) is 17.1 Å². The number of hydrogen-bond acceptors (Lipinski definition) is 2. The van der Waals surface area contributed by atoms with E-state index in [0.29, 0.717) is 5.92 Å². The molecule has 0 radical (unpaired) electrons. The van der Waals surface area contributed by atoms with E-state index in [-0.39, 0.29) is 6.04 Å². The normalized spacial score (nSPS) is 24.6. The molecule has 0 aliphatic carbocycles. The molecular formula is C16H24F2N2. The largest absolute Gasteiger partial charge is 0.319 e. The van der Waals surface area contributed by atoms with Crippen LogP contribution in [0, 0.1) is 17.6 Å². The molecule has 0 aromatic heterocycles. The van der Waals surface area contributed by atoms with Crippen LogP contribution < -0.4 is 5.32 Å². The van der Waals surface area contributed by atoms with E-state index in [1.807, 2.05) is 7.05 Å². The average molecular weight is 282 g/mol. The number of nitrogens with zero attached hydrogens (tertiary/aromatic N) is 1. The third-order valence-electron chi connectivity index (χ3n) is 4.27. The molecule has 0 amide bonds. The first kappa shape index (κ1) is 15.4. The van der Waals surface area contributed by atoms with Crippen LogP contribution in [0.1, 0.15) is 37.8 Å². The minimum atomic E-state index is -0.768. The lowest BCUT2D eigenvalue weighted by molar-refractivity contribution is 0.162. The van der Waals surface area contributed by atoms with Crippen molar-refractivity contribution in [3.63, 3.8) is 0 Å². The van der Waals surface area contributed by atoms with Gasteiger partial charge in [-0.05, 0) is 63.1 Å². The Kier molecular flexibility index (Phi) is 5.49. The molecule has 1 heterocycles. The van der Waals surface area contributed by atoms with Crippen molar-refractivity contribution < 1.29 is 8.78 Å². The highest BCUT2D eigenvalue weighted by molar-refractivity contribution is 5.22. The van der Waals surface area contributed by atoms with Crippen LogP contribution >= 0.6 is 0 Å². The predicted octanol–water partition coefficient (Wildman–Crippen LogP) is 3.35. The zero-order chi connectivity index (χ0) is 14.5. The second-order valence-corrected chi connectivity index (χ2v) is 5.56. The molecule has 2 rings (SSSR count). The molecule has 20 heavy (non-hydrogen) atoms. The van der Waals surface area contributed by atoms with E-state index < -0.39 is 11.6 Å². The number of likely N-dealkylation sites (tertiary alicyclic amines) is 1. The molecule has 2 atom stereocenters. The van der Waals surface area contributed by atoms with Crippen molar-refractivity contribution in [2.75, 3.05) is 26.7 Å². The maximum absolute atomic E-state index is 13.6. The Morgan fingerprint density at radius 2 is 2.05 bits per heavy atom. The molecule has 0 spiro atoms. The van der Waals surface area contributed by atoms with Crippen LogP contribution in [0.2, 0.25) is 0 Å². The SMILES string of the molecule is CCN1CCCCC(CNC)C1c1ccc(F)c(F)c1. The van der Waals surface area contributed by atoms with Crippen LogP contribution in [0.3, 0.4) is 0 Å². The summed E-state index contributed by atoms with van der Waals surface area (Å²) in [5.41, 5.74) is 0.896. The molecule has 2 unspecified atom stereocenters. The Labute approximate surface area is 120 Å². The highest BCUT2D eigenvalue weighted by Gasteiger charge is 2.30. The highest BCUT2D eigenvalue weighted by Crippen LogP contribution is 2.35. The van der Waals surface area contributed by atoms with Gasteiger partial charge in [-0.25, -0.2) is 8.78 Å². The van der Waals surface area contributed by atoms with Gasteiger partial charge in [-0.2, -0.15) is 0 Å². The van der Waals surface area contributed by atoms with Crippen molar-refractivity contribution in [1.29, 1.82) is 0 Å². The fraction of sp³-hybridized carbons (Fsp3) is 0.625. The van der Waals surface area contributed by atoms with Gasteiger partial charge in [-0.1, -0.05) is 19.4 Å². The van der Waals surface area contributed by atoms with E-state index in [9.17, 15) is 8.78 Å². The number of halogens is 2. The summed E-state index contributed by atoms with van der Waals surface area (Å²) in [5.74, 6) is -1.08. The van der Waals surface area contributed by atoms with Gasteiger partial charge < -0.3 is 5.32 Å². The number of benzene rings is 1. The van der Waals surface area contributed by atoms with Crippen molar-refractivity contribution in [3.8, 4) is 0 Å². The molecule has 1 aromatic rings. The lowest BCUT2D eigenvalue weighted by Gasteiger charge is -2.35. The number of rotatable bonds is 4. The Balaban J connectivity index is 2.34. The summed E-state index contributed by atoms with van der Waals surface area (Å²) in [6.07, 6.45) is 3.50. The van der Waals surface area contributed by atoms with Crippen molar-refractivity contribution in [3.05, 3.63) is 35.4 Å². The maximum Gasteiger partial charge on any atom is 0.159 e. The highest BCUT2D eigenvalue weighted by atomic mass is 19.2. The van der Waals surface area contributed by atoms with Crippen molar-refractivity contribution in [2.24, 2.45) is 5.92 Å². The monoisotopic (exact) mass is 282 g/mol. The third kappa shape index (κ3) is 3.36. The smallest absolute Gasteiger partial charge is 0.159 e. The van der Waals surface area contributed by atoms with Crippen molar-refractivity contribution >= 4 is 0 Å². The van der Waals surface area contributed by atoms with Crippen LogP contribution in [0.5, 0.6) is 0 Å². The molecule has 4 heteroatoms. The van der Waals surface area contributed by atoms with Gasteiger partial charge in [0.2, 0.25) is 0 Å². The van der Waals surface area contributed by atoms with E-state index in [1.54, 1.807) is 6.07 Å². The Morgan fingerprint density at radius 3 is 2.70 bits per heavy atom. The second-order valence-electron chi connectivity index (χ2n) is 5.56. The standard InChI is InChI=1S/C16H24F2N2/c1-3-20-9-5-4-6-13(11-19-2)16(20)12-7-8-14(17)15(18)10-12/h7-8,10,13,16,19H,3-6,9,11H2,1-2H3. The van der Waals surface area contributed by atoms with E-state index in [1.165, 1.54) is 25.0 Å². The Morgan fingerprint density at radius 1 is 1.25 bits per heavy atom. The summed E-state index contributed by atoms with van der Waals surface area (Å²) >= 11 is 0. The molecule has 1 aliphatic rings. The number of hydrogen-bond donors (Lipinski definition) is 1. The molecule has 1 aliphatic heterocycles. The maximum atomic E-state index is 13.6. The van der Waals surface area contributed by atoms with Gasteiger partial charge in [0.05, 0.1) is 0 Å². The zero-order valence-electron chi connectivity index (χ0n) is 12.3. The molecule has 1 aromatic carbocycles. The molecule has 0 bridgehead atoms. The summed E-state index contributed by atoms with van der Waals surface area (Å²) in [6.45, 7) is 5.00. The molecule has 0 saturated carbocycles. The molecular weight excluding hydrogens is 258 g/mol. The fourth-order valence-electron chi connectivity index (χ4n) is 3.33. The van der Waals surface area contributed by atoms with Crippen molar-refractivity contribution in [1.82, 2.24) is 10.2 Å². The van der Waals surface area contributed by atoms with Gasteiger partial charge in [-0.3, -0.25) is 4.90 Å². The van der Waals surface area contributed by atoms with Gasteiger partial charge in [0, 0.05) is 6.04 Å². The van der Waals surface area contributed by atoms with Gasteiger partial charge in [-0.15, -0.1) is 0 Å². The molecule has 2 nitrogen and oxygen atoms in total. The first-order valence-corrected chi connectivity index (χ1v) is 7.51. The van der Waals surface area contributed by atoms with Crippen LogP contribution in [0.4, 0.5) is 8.78 Å². The molecule has 1 N–H and O–H groups in total. The summed E-state index contributed by atoms with van der Waals surface area (Å²) in [5, 5.41) is 3.24. The number of nitrogens with one attached hydrogen (secondary N) is 1. The van der Waals surface area contributed by atoms with Crippen LogP contribution in [0.15, 0.2) is 18.2 Å². The van der Waals surface area contributed by atoms with Crippen LogP contribution in [-0.4, -0.2) is 31.6 Å². The predicted molar refractivity (Wildman–Crippen MR) is 77.6 cm³/mol. The van der Waals surface area contributed by atoms with Gasteiger partial charge in [0.15, 0.2) is 11.6 Å². The van der Waals surface area contributed by atoms with E-state index >= 15 is 0 Å². The Hall–Kier alpha value is -1.00. The summed E-state index contributed by atoms with van der Waals surface area (Å²) in [4.78, 5) is 2.39. The topological polar surface area (TPSA) is 15.3 Å². The summed E-state index contributed by atoms with van der Waals surface area (Å²) in [6, 6.07) is 4.53. The fourth-order valence-corrected chi connectivity index (χ4v) is 3.33. The first-order chi connectivity index (χ1) is 9.67. The van der Waals surface area contributed by atoms with Gasteiger partial charge in [0.25, 0.3) is 0 Å². The van der Waals surface area contributed by atoms with E-state index in [4.69, 9.17) is 0 Å². The molecule has 1 fully saturated rings. The lowest BCUT2D eigenvalue weighted by atomic mass is 9.89. The van der Waals surface area contributed by atoms with Gasteiger partial charge >= 0.3 is 0 Å². The van der Waals surface area contributed by atoms with Crippen LogP contribution in [-0.2, 0) is 0 Å². The quantitative estimate of drug-likeness (QED) is 0.911. The third-order valence-corrected chi connectivity index (χ3v) is 4.27. The summed E-state index contributed by atoms with van der Waals surface area (Å²) < 4.78 is 26.7. The molecule has 112 valence electrons. The van der Waals surface area contributed by atoms with Gasteiger partial charge in [0.1, 0.15) is 0 Å². The second kappa shape index (κ2) is 7.14. The van der Waals surface area contributed by atoms with Crippen LogP contribution in [0.25, 0.3) is 0 Å². The lowest BCUT2D eigenvalue weighted by Crippen LogP contribution is -2.36. The first-order valence-electron chi connectivity index (χ1n) is 7.51. The Bertz CT molecular complexity index is 436. The molecule has 1 saturated heterocycles. The summed E-state index contributed by atoms with van der Waals surface area (Å²) in [7, 11) is 1.95. The minimum Gasteiger partial charge on any atom is -0.319 e. The average Bonchev–Trinajstić information content (AvgIpc) is 2.64.